The predicted octanol–water partition coefficient (Wildman–Crippen LogP) is 2.91. The highest BCUT2D eigenvalue weighted by Gasteiger charge is 2.09. The molecular weight excluding hydrogens is 316 g/mol. The summed E-state index contributed by atoms with van der Waals surface area (Å²) in [4.78, 5) is 11.3. The van der Waals surface area contributed by atoms with E-state index in [0.717, 1.165) is 22.9 Å². The van der Waals surface area contributed by atoms with Crippen LogP contribution in [0.5, 0.6) is 0 Å². The largest absolute Gasteiger partial charge is 0.465 e. The SMILES string of the molecule is COC(=O)c1ccc(CC[C@@H](C)CO)c(Br)c1.S. The zero-order valence-electron chi connectivity index (χ0n) is 10.6. The number of hydrogen-bond donors (Lipinski definition) is 1. The summed E-state index contributed by atoms with van der Waals surface area (Å²) in [6.45, 7) is 2.22. The smallest absolute Gasteiger partial charge is 0.337 e. The predicted molar refractivity (Wildman–Crippen MR) is 80.4 cm³/mol. The van der Waals surface area contributed by atoms with Crippen LogP contribution in [0.3, 0.4) is 0 Å². The fraction of sp³-hybridized carbons (Fsp3) is 0.462. The van der Waals surface area contributed by atoms with Gasteiger partial charge in [-0.2, -0.15) is 13.5 Å². The number of rotatable bonds is 5. The molecule has 0 fully saturated rings. The molecule has 102 valence electrons. The molecule has 0 saturated heterocycles. The van der Waals surface area contributed by atoms with Crippen molar-refractivity contribution in [3.8, 4) is 0 Å². The van der Waals surface area contributed by atoms with Gasteiger partial charge in [0.25, 0.3) is 0 Å². The monoisotopic (exact) mass is 334 g/mol. The van der Waals surface area contributed by atoms with Gasteiger partial charge in [0.1, 0.15) is 0 Å². The number of carbonyl (C=O) groups excluding carboxylic acids is 1. The van der Waals surface area contributed by atoms with Crippen LogP contribution in [0.2, 0.25) is 0 Å². The quantitative estimate of drug-likeness (QED) is 0.842. The van der Waals surface area contributed by atoms with Crippen molar-refractivity contribution < 1.29 is 14.6 Å². The zero-order valence-corrected chi connectivity index (χ0v) is 13.2. The van der Waals surface area contributed by atoms with E-state index in [1.807, 2.05) is 13.0 Å². The fourth-order valence-electron chi connectivity index (χ4n) is 1.49. The lowest BCUT2D eigenvalue weighted by Crippen LogP contribution is -2.04. The number of benzene rings is 1. The number of aliphatic hydroxyl groups is 1. The Morgan fingerprint density at radius 3 is 2.67 bits per heavy atom. The van der Waals surface area contributed by atoms with Crippen molar-refractivity contribution >= 4 is 35.4 Å². The van der Waals surface area contributed by atoms with E-state index in [9.17, 15) is 4.79 Å². The van der Waals surface area contributed by atoms with E-state index in [1.165, 1.54) is 7.11 Å². The first-order chi connectivity index (χ1) is 8.08. The molecule has 1 aromatic carbocycles. The highest BCUT2D eigenvalue weighted by atomic mass is 79.9. The summed E-state index contributed by atoms with van der Waals surface area (Å²) < 4.78 is 5.56. The number of esters is 1. The molecular formula is C13H19BrO3S. The van der Waals surface area contributed by atoms with Crippen molar-refractivity contribution in [1.82, 2.24) is 0 Å². The Kier molecular flexibility index (Phi) is 8.31. The molecule has 1 rings (SSSR count). The van der Waals surface area contributed by atoms with Gasteiger partial charge in [-0.25, -0.2) is 4.79 Å². The minimum atomic E-state index is -0.332. The molecule has 0 unspecified atom stereocenters. The summed E-state index contributed by atoms with van der Waals surface area (Å²) in [6.07, 6.45) is 1.80. The molecule has 1 N–H and O–H groups in total. The Bertz CT molecular complexity index is 396. The first-order valence-corrected chi connectivity index (χ1v) is 6.35. The first kappa shape index (κ1) is 17.5. The van der Waals surface area contributed by atoms with Crippen LogP contribution in [-0.4, -0.2) is 24.8 Å². The lowest BCUT2D eigenvalue weighted by atomic mass is 10.0. The summed E-state index contributed by atoms with van der Waals surface area (Å²) in [6, 6.07) is 5.45. The van der Waals surface area contributed by atoms with Crippen LogP contribution < -0.4 is 0 Å². The first-order valence-electron chi connectivity index (χ1n) is 5.56. The minimum absolute atomic E-state index is 0. The lowest BCUT2D eigenvalue weighted by molar-refractivity contribution is 0.0600. The average Bonchev–Trinajstić information content (AvgIpc) is 2.35. The van der Waals surface area contributed by atoms with Crippen LogP contribution in [0.25, 0.3) is 0 Å². The second-order valence-corrected chi connectivity index (χ2v) is 4.98. The van der Waals surface area contributed by atoms with Gasteiger partial charge in [0.2, 0.25) is 0 Å². The highest BCUT2D eigenvalue weighted by Crippen LogP contribution is 2.21. The molecule has 3 nitrogen and oxygen atoms in total. The van der Waals surface area contributed by atoms with E-state index in [0.29, 0.717) is 11.5 Å². The number of halogens is 1. The third-order valence-electron chi connectivity index (χ3n) is 2.69. The molecule has 0 aliphatic rings. The second kappa shape index (κ2) is 8.56. The van der Waals surface area contributed by atoms with Crippen molar-refractivity contribution in [2.45, 2.75) is 19.8 Å². The standard InChI is InChI=1S/C13H17BrO3.H2S/c1-9(8-15)3-4-10-5-6-11(7-12(10)14)13(16)17-2;/h5-7,9,15H,3-4,8H2,1-2H3;1H2/t9-;/m1./s1. The van der Waals surface area contributed by atoms with Crippen LogP contribution in [-0.2, 0) is 11.2 Å². The van der Waals surface area contributed by atoms with E-state index >= 15 is 0 Å². The lowest BCUT2D eigenvalue weighted by Gasteiger charge is -2.09. The summed E-state index contributed by atoms with van der Waals surface area (Å²) in [5.74, 6) is -0.0387. The molecule has 0 radical (unpaired) electrons. The Balaban J connectivity index is 0.00000289. The van der Waals surface area contributed by atoms with E-state index in [2.05, 4.69) is 20.7 Å². The Hall–Kier alpha value is -0.520. The van der Waals surface area contributed by atoms with Gasteiger partial charge in [-0.05, 0) is 36.5 Å². The van der Waals surface area contributed by atoms with Crippen LogP contribution >= 0.6 is 29.4 Å². The molecule has 0 spiro atoms. The number of aliphatic hydroxyl groups excluding tert-OH is 1. The van der Waals surface area contributed by atoms with Crippen molar-refractivity contribution in [3.63, 3.8) is 0 Å². The number of aryl methyl sites for hydroxylation is 1. The van der Waals surface area contributed by atoms with Gasteiger partial charge < -0.3 is 9.84 Å². The second-order valence-electron chi connectivity index (χ2n) is 4.12. The topological polar surface area (TPSA) is 46.5 Å². The van der Waals surface area contributed by atoms with E-state index in [-0.39, 0.29) is 26.1 Å². The minimum Gasteiger partial charge on any atom is -0.465 e. The van der Waals surface area contributed by atoms with Crippen molar-refractivity contribution in [3.05, 3.63) is 33.8 Å². The third kappa shape index (κ3) is 5.00. The Labute approximate surface area is 123 Å². The van der Waals surface area contributed by atoms with Gasteiger partial charge in [-0.1, -0.05) is 28.9 Å². The van der Waals surface area contributed by atoms with E-state index in [4.69, 9.17) is 5.11 Å². The molecule has 18 heavy (non-hydrogen) atoms. The fourth-order valence-corrected chi connectivity index (χ4v) is 2.07. The molecule has 0 saturated carbocycles. The number of hydrogen-bond acceptors (Lipinski definition) is 3. The summed E-state index contributed by atoms with van der Waals surface area (Å²) in [7, 11) is 1.37. The van der Waals surface area contributed by atoms with E-state index < -0.39 is 0 Å². The molecule has 0 amide bonds. The van der Waals surface area contributed by atoms with Gasteiger partial charge in [0.05, 0.1) is 12.7 Å². The molecule has 5 heteroatoms. The maximum Gasteiger partial charge on any atom is 0.337 e. The molecule has 1 atom stereocenters. The van der Waals surface area contributed by atoms with Gasteiger partial charge in [-0.15, -0.1) is 0 Å². The van der Waals surface area contributed by atoms with Gasteiger partial charge in [0, 0.05) is 11.1 Å². The number of methoxy groups -OCH3 is 1. The highest BCUT2D eigenvalue weighted by molar-refractivity contribution is 9.10. The van der Waals surface area contributed by atoms with Crippen LogP contribution in [0.15, 0.2) is 22.7 Å². The summed E-state index contributed by atoms with van der Waals surface area (Å²) in [5, 5.41) is 8.96. The molecule has 0 bridgehead atoms. The molecule has 0 aromatic heterocycles. The van der Waals surface area contributed by atoms with Gasteiger partial charge in [0.15, 0.2) is 0 Å². The van der Waals surface area contributed by atoms with E-state index in [1.54, 1.807) is 12.1 Å². The zero-order chi connectivity index (χ0) is 12.8. The molecule has 0 aliphatic heterocycles. The maximum atomic E-state index is 11.3. The van der Waals surface area contributed by atoms with Gasteiger partial charge >= 0.3 is 5.97 Å². The van der Waals surface area contributed by atoms with Crippen LogP contribution in [0.4, 0.5) is 0 Å². The normalized spacial score (nSPS) is 11.6. The molecule has 0 aliphatic carbocycles. The average molecular weight is 335 g/mol. The third-order valence-corrected chi connectivity index (χ3v) is 3.43. The van der Waals surface area contributed by atoms with Gasteiger partial charge in [-0.3, -0.25) is 0 Å². The van der Waals surface area contributed by atoms with Crippen molar-refractivity contribution in [1.29, 1.82) is 0 Å². The number of ether oxygens (including phenoxy) is 1. The summed E-state index contributed by atoms with van der Waals surface area (Å²) >= 11 is 3.45. The molecule has 0 heterocycles. The van der Waals surface area contributed by atoms with Crippen molar-refractivity contribution in [2.75, 3.05) is 13.7 Å². The molecule has 1 aromatic rings. The van der Waals surface area contributed by atoms with Crippen molar-refractivity contribution in [2.24, 2.45) is 5.92 Å². The van der Waals surface area contributed by atoms with Crippen LogP contribution in [0, 0.1) is 5.92 Å². The maximum absolute atomic E-state index is 11.3. The Morgan fingerprint density at radius 2 is 2.17 bits per heavy atom. The Morgan fingerprint density at radius 1 is 1.50 bits per heavy atom. The van der Waals surface area contributed by atoms with Crippen LogP contribution in [0.1, 0.15) is 29.3 Å². The number of carbonyl (C=O) groups is 1. The summed E-state index contributed by atoms with van der Waals surface area (Å²) in [5.41, 5.74) is 1.68.